The summed E-state index contributed by atoms with van der Waals surface area (Å²) in [5.74, 6) is 0.397. The van der Waals surface area contributed by atoms with Gasteiger partial charge in [-0.2, -0.15) is 0 Å². The van der Waals surface area contributed by atoms with E-state index in [4.69, 9.17) is 14.2 Å². The van der Waals surface area contributed by atoms with Gasteiger partial charge in [-0.1, -0.05) is 18.2 Å². The SMILES string of the molecule is CCOC(=O)Cc1ccccc1OCOC. The molecule has 0 saturated carbocycles. The second-order valence-electron chi connectivity index (χ2n) is 3.14. The number of benzene rings is 1. The first-order chi connectivity index (χ1) is 7.77. The van der Waals surface area contributed by atoms with Crippen molar-refractivity contribution in [1.82, 2.24) is 0 Å². The van der Waals surface area contributed by atoms with Crippen LogP contribution in [-0.2, 0) is 20.7 Å². The lowest BCUT2D eigenvalue weighted by molar-refractivity contribution is -0.142. The van der Waals surface area contributed by atoms with Gasteiger partial charge in [-0.3, -0.25) is 4.79 Å². The van der Waals surface area contributed by atoms with Crippen LogP contribution in [0.1, 0.15) is 12.5 Å². The van der Waals surface area contributed by atoms with Crippen molar-refractivity contribution in [3.8, 4) is 5.75 Å². The number of carbonyl (C=O) groups is 1. The molecule has 0 radical (unpaired) electrons. The van der Waals surface area contributed by atoms with Gasteiger partial charge in [0.2, 0.25) is 0 Å². The lowest BCUT2D eigenvalue weighted by atomic mass is 10.1. The molecule has 88 valence electrons. The van der Waals surface area contributed by atoms with Gasteiger partial charge in [0.05, 0.1) is 13.0 Å². The molecule has 16 heavy (non-hydrogen) atoms. The number of esters is 1. The lowest BCUT2D eigenvalue weighted by Gasteiger charge is -2.09. The predicted octanol–water partition coefficient (Wildman–Crippen LogP) is 1.77. The fourth-order valence-electron chi connectivity index (χ4n) is 1.28. The topological polar surface area (TPSA) is 44.8 Å². The normalized spacial score (nSPS) is 9.88. The van der Waals surface area contributed by atoms with Gasteiger partial charge < -0.3 is 14.2 Å². The summed E-state index contributed by atoms with van der Waals surface area (Å²) in [6.07, 6.45) is 0.216. The second-order valence-corrected chi connectivity index (χ2v) is 3.14. The number of methoxy groups -OCH3 is 1. The Morgan fingerprint density at radius 1 is 1.31 bits per heavy atom. The van der Waals surface area contributed by atoms with Crippen LogP contribution in [0.5, 0.6) is 5.75 Å². The van der Waals surface area contributed by atoms with E-state index in [9.17, 15) is 4.79 Å². The predicted molar refractivity (Wildman–Crippen MR) is 59.3 cm³/mol. The van der Waals surface area contributed by atoms with E-state index in [1.807, 2.05) is 18.2 Å². The molecule has 1 rings (SSSR count). The molecule has 0 aliphatic carbocycles. The minimum atomic E-state index is -0.254. The van der Waals surface area contributed by atoms with Gasteiger partial charge in [0.15, 0.2) is 6.79 Å². The van der Waals surface area contributed by atoms with Crippen molar-refractivity contribution in [2.75, 3.05) is 20.5 Å². The van der Waals surface area contributed by atoms with E-state index in [1.54, 1.807) is 20.1 Å². The summed E-state index contributed by atoms with van der Waals surface area (Å²) in [5.41, 5.74) is 0.804. The summed E-state index contributed by atoms with van der Waals surface area (Å²) in [4.78, 5) is 11.3. The van der Waals surface area contributed by atoms with Crippen molar-refractivity contribution < 1.29 is 19.0 Å². The Labute approximate surface area is 95.1 Å². The molecule has 0 amide bonds. The summed E-state index contributed by atoms with van der Waals surface area (Å²) in [5, 5.41) is 0. The summed E-state index contributed by atoms with van der Waals surface area (Å²) in [7, 11) is 1.55. The molecule has 0 fully saturated rings. The average Bonchev–Trinajstić information content (AvgIpc) is 2.28. The van der Waals surface area contributed by atoms with Crippen LogP contribution in [0.25, 0.3) is 0 Å². The van der Waals surface area contributed by atoms with Crippen LogP contribution < -0.4 is 4.74 Å². The Hall–Kier alpha value is -1.55. The van der Waals surface area contributed by atoms with Crippen molar-refractivity contribution >= 4 is 5.97 Å². The minimum Gasteiger partial charge on any atom is -0.467 e. The zero-order chi connectivity index (χ0) is 11.8. The number of ether oxygens (including phenoxy) is 3. The highest BCUT2D eigenvalue weighted by atomic mass is 16.7. The van der Waals surface area contributed by atoms with Gasteiger partial charge in [0.25, 0.3) is 0 Å². The largest absolute Gasteiger partial charge is 0.467 e. The number of para-hydroxylation sites is 1. The van der Waals surface area contributed by atoms with Crippen LogP contribution in [0.2, 0.25) is 0 Å². The van der Waals surface area contributed by atoms with Gasteiger partial charge in [0.1, 0.15) is 5.75 Å². The third-order valence-electron chi connectivity index (χ3n) is 1.95. The van der Waals surface area contributed by atoms with E-state index in [0.717, 1.165) is 5.56 Å². The second kappa shape index (κ2) is 6.85. The van der Waals surface area contributed by atoms with E-state index >= 15 is 0 Å². The Morgan fingerprint density at radius 2 is 2.06 bits per heavy atom. The number of hydrogen-bond donors (Lipinski definition) is 0. The number of rotatable bonds is 6. The quantitative estimate of drug-likeness (QED) is 0.545. The molecule has 1 aromatic carbocycles. The van der Waals surface area contributed by atoms with Crippen molar-refractivity contribution in [2.45, 2.75) is 13.3 Å². The molecule has 4 heteroatoms. The van der Waals surface area contributed by atoms with Gasteiger partial charge in [-0.25, -0.2) is 0 Å². The number of hydrogen-bond acceptors (Lipinski definition) is 4. The van der Waals surface area contributed by atoms with Crippen molar-refractivity contribution in [1.29, 1.82) is 0 Å². The van der Waals surface area contributed by atoms with Crippen LogP contribution in [0.3, 0.4) is 0 Å². The van der Waals surface area contributed by atoms with Crippen LogP contribution in [0.15, 0.2) is 24.3 Å². The van der Waals surface area contributed by atoms with Gasteiger partial charge in [0, 0.05) is 12.7 Å². The van der Waals surface area contributed by atoms with Crippen molar-refractivity contribution in [3.63, 3.8) is 0 Å². The first kappa shape index (κ1) is 12.5. The Balaban J connectivity index is 2.66. The molecule has 4 nitrogen and oxygen atoms in total. The molecule has 0 aliphatic rings. The van der Waals surface area contributed by atoms with E-state index in [0.29, 0.717) is 12.4 Å². The third kappa shape index (κ3) is 3.90. The van der Waals surface area contributed by atoms with E-state index < -0.39 is 0 Å². The molecule has 0 bridgehead atoms. The Bertz CT molecular complexity index is 336. The molecule has 0 atom stereocenters. The van der Waals surface area contributed by atoms with E-state index in [1.165, 1.54) is 0 Å². The van der Waals surface area contributed by atoms with Crippen LogP contribution in [0.4, 0.5) is 0 Å². The fourth-order valence-corrected chi connectivity index (χ4v) is 1.28. The van der Waals surface area contributed by atoms with Crippen LogP contribution in [0, 0.1) is 0 Å². The molecule has 0 unspecified atom stereocenters. The summed E-state index contributed by atoms with van der Waals surface area (Å²) in [6, 6.07) is 7.34. The third-order valence-corrected chi connectivity index (χ3v) is 1.95. The van der Waals surface area contributed by atoms with E-state index in [-0.39, 0.29) is 19.2 Å². The standard InChI is InChI=1S/C12H16O4/c1-3-15-12(13)8-10-6-4-5-7-11(10)16-9-14-2/h4-7H,3,8-9H2,1-2H3. The summed E-state index contributed by atoms with van der Waals surface area (Å²) >= 11 is 0. The maximum Gasteiger partial charge on any atom is 0.310 e. The van der Waals surface area contributed by atoms with Crippen molar-refractivity contribution in [3.05, 3.63) is 29.8 Å². The maximum atomic E-state index is 11.3. The first-order valence-corrected chi connectivity index (χ1v) is 5.13. The van der Waals surface area contributed by atoms with Gasteiger partial charge >= 0.3 is 5.97 Å². The first-order valence-electron chi connectivity index (χ1n) is 5.13. The summed E-state index contributed by atoms with van der Waals surface area (Å²) < 4.78 is 15.0. The maximum absolute atomic E-state index is 11.3. The van der Waals surface area contributed by atoms with Gasteiger partial charge in [-0.15, -0.1) is 0 Å². The Kier molecular flexibility index (Phi) is 5.36. The molecule has 0 aromatic heterocycles. The molecule has 0 saturated heterocycles. The highest BCUT2D eigenvalue weighted by Crippen LogP contribution is 2.18. The molecule has 1 aromatic rings. The molecule has 0 spiro atoms. The van der Waals surface area contributed by atoms with E-state index in [2.05, 4.69) is 0 Å². The smallest absolute Gasteiger partial charge is 0.310 e. The minimum absolute atomic E-state index is 0.167. The molecular weight excluding hydrogens is 208 g/mol. The lowest BCUT2D eigenvalue weighted by Crippen LogP contribution is -2.09. The molecule has 0 N–H and O–H groups in total. The highest BCUT2D eigenvalue weighted by Gasteiger charge is 2.08. The Morgan fingerprint density at radius 3 is 2.75 bits per heavy atom. The van der Waals surface area contributed by atoms with Crippen LogP contribution >= 0.6 is 0 Å². The zero-order valence-corrected chi connectivity index (χ0v) is 9.56. The van der Waals surface area contributed by atoms with Crippen molar-refractivity contribution in [2.24, 2.45) is 0 Å². The average molecular weight is 224 g/mol. The molecular formula is C12H16O4. The molecule has 0 aliphatic heterocycles. The zero-order valence-electron chi connectivity index (χ0n) is 9.56. The fraction of sp³-hybridized carbons (Fsp3) is 0.417. The monoisotopic (exact) mass is 224 g/mol. The van der Waals surface area contributed by atoms with Gasteiger partial charge in [-0.05, 0) is 13.0 Å². The summed E-state index contributed by atoms with van der Waals surface area (Å²) in [6.45, 7) is 2.34. The highest BCUT2D eigenvalue weighted by molar-refractivity contribution is 5.73. The van der Waals surface area contributed by atoms with Crippen LogP contribution in [-0.4, -0.2) is 26.5 Å². The molecule has 0 heterocycles. The number of carbonyl (C=O) groups excluding carboxylic acids is 1.